The van der Waals surface area contributed by atoms with Gasteiger partial charge in [-0.25, -0.2) is 9.78 Å². The van der Waals surface area contributed by atoms with Gasteiger partial charge in [0.25, 0.3) is 0 Å². The highest BCUT2D eigenvalue weighted by Gasteiger charge is 2.15. The van der Waals surface area contributed by atoms with E-state index in [1.807, 2.05) is 43.3 Å². The van der Waals surface area contributed by atoms with Crippen molar-refractivity contribution in [3.8, 4) is 0 Å². The first-order chi connectivity index (χ1) is 8.68. The summed E-state index contributed by atoms with van der Waals surface area (Å²) in [6.45, 7) is 1.94. The zero-order valence-corrected chi connectivity index (χ0v) is 9.84. The molecular formula is C15H11NO2. The summed E-state index contributed by atoms with van der Waals surface area (Å²) in [7, 11) is 0. The molecular weight excluding hydrogens is 226 g/mol. The minimum Gasteiger partial charge on any atom is -0.478 e. The van der Waals surface area contributed by atoms with Gasteiger partial charge >= 0.3 is 5.97 Å². The van der Waals surface area contributed by atoms with Crippen molar-refractivity contribution in [2.75, 3.05) is 0 Å². The number of aromatic carboxylic acids is 1. The van der Waals surface area contributed by atoms with E-state index in [2.05, 4.69) is 4.98 Å². The Morgan fingerprint density at radius 1 is 1.06 bits per heavy atom. The summed E-state index contributed by atoms with van der Waals surface area (Å²) in [6.07, 6.45) is 0. The molecule has 2 aromatic carbocycles. The van der Waals surface area contributed by atoms with Gasteiger partial charge in [-0.3, -0.25) is 0 Å². The van der Waals surface area contributed by atoms with Crippen LogP contribution in [0.1, 0.15) is 15.9 Å². The van der Waals surface area contributed by atoms with Crippen LogP contribution in [0.15, 0.2) is 42.5 Å². The van der Waals surface area contributed by atoms with Crippen LogP contribution in [0.4, 0.5) is 0 Å². The Morgan fingerprint density at radius 2 is 1.78 bits per heavy atom. The van der Waals surface area contributed by atoms with Gasteiger partial charge in [-0.05, 0) is 18.6 Å². The monoisotopic (exact) mass is 237 g/mol. The molecule has 3 heteroatoms. The molecule has 88 valence electrons. The number of rotatable bonds is 1. The molecule has 0 fully saturated rings. The number of hydrogen-bond donors (Lipinski definition) is 1. The van der Waals surface area contributed by atoms with Gasteiger partial charge < -0.3 is 5.11 Å². The average molecular weight is 237 g/mol. The molecule has 1 aromatic heterocycles. The van der Waals surface area contributed by atoms with Crippen LogP contribution in [-0.4, -0.2) is 16.1 Å². The number of carboxylic acid groups (broad SMARTS) is 1. The van der Waals surface area contributed by atoms with Crippen molar-refractivity contribution in [1.82, 2.24) is 4.98 Å². The summed E-state index contributed by atoms with van der Waals surface area (Å²) in [6, 6.07) is 13.0. The number of benzene rings is 2. The number of para-hydroxylation sites is 2. The fourth-order valence-corrected chi connectivity index (χ4v) is 2.29. The molecule has 3 rings (SSSR count). The smallest absolute Gasteiger partial charge is 0.337 e. The maximum atomic E-state index is 11.5. The minimum absolute atomic E-state index is 0.333. The largest absolute Gasteiger partial charge is 0.478 e. The number of carboxylic acids is 1. The van der Waals surface area contributed by atoms with Crippen molar-refractivity contribution in [1.29, 1.82) is 0 Å². The minimum atomic E-state index is -0.913. The van der Waals surface area contributed by atoms with Gasteiger partial charge in [-0.1, -0.05) is 36.4 Å². The van der Waals surface area contributed by atoms with E-state index in [0.29, 0.717) is 16.3 Å². The van der Waals surface area contributed by atoms with Gasteiger partial charge in [0.05, 0.1) is 16.6 Å². The van der Waals surface area contributed by atoms with Crippen molar-refractivity contribution in [2.45, 2.75) is 6.92 Å². The van der Waals surface area contributed by atoms with E-state index in [0.717, 1.165) is 16.6 Å². The van der Waals surface area contributed by atoms with Gasteiger partial charge in [0.1, 0.15) is 0 Å². The van der Waals surface area contributed by atoms with E-state index in [9.17, 15) is 9.90 Å². The van der Waals surface area contributed by atoms with Crippen LogP contribution in [0.25, 0.3) is 21.8 Å². The van der Waals surface area contributed by atoms with Crippen LogP contribution in [-0.2, 0) is 0 Å². The van der Waals surface area contributed by atoms with E-state index >= 15 is 0 Å². The molecule has 1 N–H and O–H groups in total. The summed E-state index contributed by atoms with van der Waals surface area (Å²) >= 11 is 0. The normalized spacial score (nSPS) is 10.9. The van der Waals surface area contributed by atoms with Gasteiger partial charge in [-0.2, -0.15) is 0 Å². The van der Waals surface area contributed by atoms with Crippen molar-refractivity contribution in [2.24, 2.45) is 0 Å². The maximum absolute atomic E-state index is 11.5. The molecule has 0 atom stereocenters. The molecule has 0 saturated heterocycles. The number of fused-ring (bicyclic) bond motifs is 2. The predicted octanol–water partition coefficient (Wildman–Crippen LogP) is 3.39. The number of aryl methyl sites for hydroxylation is 1. The number of pyridine rings is 1. The van der Waals surface area contributed by atoms with Crippen LogP contribution in [0.5, 0.6) is 0 Å². The Kier molecular flexibility index (Phi) is 2.27. The number of carbonyl (C=O) groups is 1. The van der Waals surface area contributed by atoms with Crippen LogP contribution in [0, 0.1) is 6.92 Å². The molecule has 0 bridgehead atoms. The second-order valence-electron chi connectivity index (χ2n) is 4.28. The molecule has 0 radical (unpaired) electrons. The Morgan fingerprint density at radius 3 is 2.56 bits per heavy atom. The molecule has 0 unspecified atom stereocenters. The lowest BCUT2D eigenvalue weighted by Crippen LogP contribution is -2.01. The molecule has 0 aliphatic rings. The van der Waals surface area contributed by atoms with Gasteiger partial charge in [0, 0.05) is 10.8 Å². The second-order valence-corrected chi connectivity index (χ2v) is 4.28. The fraction of sp³-hybridized carbons (Fsp3) is 0.0667. The van der Waals surface area contributed by atoms with Gasteiger partial charge in [-0.15, -0.1) is 0 Å². The summed E-state index contributed by atoms with van der Waals surface area (Å²) in [5.41, 5.74) is 2.80. The Hall–Kier alpha value is -2.42. The lowest BCUT2D eigenvalue weighted by atomic mass is 10.0. The average Bonchev–Trinajstić information content (AvgIpc) is 2.36. The van der Waals surface area contributed by atoms with Crippen LogP contribution < -0.4 is 0 Å². The van der Waals surface area contributed by atoms with Crippen molar-refractivity contribution in [3.63, 3.8) is 0 Å². The highest BCUT2D eigenvalue weighted by molar-refractivity contribution is 6.14. The zero-order valence-electron chi connectivity index (χ0n) is 9.84. The molecule has 0 saturated carbocycles. The second kappa shape index (κ2) is 3.81. The molecule has 0 aliphatic heterocycles. The van der Waals surface area contributed by atoms with Crippen LogP contribution >= 0.6 is 0 Å². The first kappa shape index (κ1) is 10.7. The third kappa shape index (κ3) is 1.44. The Balaban J connectivity index is 2.63. The lowest BCUT2D eigenvalue weighted by Gasteiger charge is -2.08. The van der Waals surface area contributed by atoms with E-state index < -0.39 is 5.97 Å². The van der Waals surface area contributed by atoms with Crippen molar-refractivity contribution >= 4 is 27.8 Å². The van der Waals surface area contributed by atoms with Crippen molar-refractivity contribution in [3.05, 3.63) is 53.6 Å². The van der Waals surface area contributed by atoms with Gasteiger partial charge in [0.15, 0.2) is 0 Å². The number of nitrogens with zero attached hydrogens (tertiary/aromatic N) is 1. The zero-order chi connectivity index (χ0) is 12.7. The first-order valence-corrected chi connectivity index (χ1v) is 5.70. The van der Waals surface area contributed by atoms with E-state index in [-0.39, 0.29) is 0 Å². The van der Waals surface area contributed by atoms with E-state index in [1.54, 1.807) is 6.07 Å². The molecule has 0 spiro atoms. The summed E-state index contributed by atoms with van der Waals surface area (Å²) in [5, 5.41) is 10.8. The highest BCUT2D eigenvalue weighted by Crippen LogP contribution is 2.27. The number of aromatic nitrogens is 1. The van der Waals surface area contributed by atoms with E-state index in [1.165, 1.54) is 0 Å². The predicted molar refractivity (Wildman–Crippen MR) is 70.9 cm³/mol. The Labute approximate surface area is 104 Å². The molecule has 3 aromatic rings. The lowest BCUT2D eigenvalue weighted by molar-refractivity contribution is 0.0701. The standard InChI is InChI=1S/C15H11NO2/c1-9-5-4-7-11-13(15(17)18)10-6-2-3-8-12(10)16-14(9)11/h2-8H,1H3,(H,17,18). The molecule has 18 heavy (non-hydrogen) atoms. The molecule has 3 nitrogen and oxygen atoms in total. The summed E-state index contributed by atoms with van der Waals surface area (Å²) < 4.78 is 0. The SMILES string of the molecule is Cc1cccc2c(C(=O)O)c3ccccc3nc12. The molecule has 1 heterocycles. The quantitative estimate of drug-likeness (QED) is 0.660. The fourth-order valence-electron chi connectivity index (χ4n) is 2.29. The number of hydrogen-bond acceptors (Lipinski definition) is 2. The highest BCUT2D eigenvalue weighted by atomic mass is 16.4. The molecule has 0 aliphatic carbocycles. The topological polar surface area (TPSA) is 50.2 Å². The summed E-state index contributed by atoms with van der Waals surface area (Å²) in [5.74, 6) is -0.913. The van der Waals surface area contributed by atoms with E-state index in [4.69, 9.17) is 0 Å². The summed E-state index contributed by atoms with van der Waals surface area (Å²) in [4.78, 5) is 16.1. The first-order valence-electron chi connectivity index (χ1n) is 5.70. The molecule has 0 amide bonds. The van der Waals surface area contributed by atoms with Gasteiger partial charge in [0.2, 0.25) is 0 Å². The maximum Gasteiger partial charge on any atom is 0.337 e. The Bertz CT molecular complexity index is 778. The third-order valence-electron chi connectivity index (χ3n) is 3.13. The van der Waals surface area contributed by atoms with Crippen molar-refractivity contribution < 1.29 is 9.90 Å². The van der Waals surface area contributed by atoms with Crippen LogP contribution in [0.2, 0.25) is 0 Å². The third-order valence-corrected chi connectivity index (χ3v) is 3.13. The van der Waals surface area contributed by atoms with Crippen LogP contribution in [0.3, 0.4) is 0 Å².